The fourth-order valence-corrected chi connectivity index (χ4v) is 3.62. The zero-order valence-corrected chi connectivity index (χ0v) is 15.6. The molecule has 0 spiro atoms. The molecule has 23 heavy (non-hydrogen) atoms. The third-order valence-electron chi connectivity index (χ3n) is 5.43. The fraction of sp³-hybridized carbons (Fsp3) is 0.632. The molecule has 0 atom stereocenters. The fourth-order valence-electron chi connectivity index (χ4n) is 3.33. The first-order chi connectivity index (χ1) is 10.9. The van der Waals surface area contributed by atoms with Gasteiger partial charge in [0.1, 0.15) is 5.75 Å². The van der Waals surface area contributed by atoms with Crippen molar-refractivity contribution in [3.05, 3.63) is 24.3 Å². The second-order valence-electron chi connectivity index (χ2n) is 7.22. The van der Waals surface area contributed by atoms with Crippen LogP contribution in [0.25, 0.3) is 0 Å². The van der Waals surface area contributed by atoms with Gasteiger partial charge in [-0.2, -0.15) is 0 Å². The summed E-state index contributed by atoms with van der Waals surface area (Å²) in [4.78, 5) is 0. The van der Waals surface area contributed by atoms with Crippen LogP contribution < -0.4 is 15.4 Å². The Morgan fingerprint density at radius 1 is 1.17 bits per heavy atom. The number of hydrogen-bond donors (Lipinski definition) is 2. The van der Waals surface area contributed by atoms with E-state index >= 15 is 0 Å². The molecule has 0 radical (unpaired) electrons. The molecule has 0 saturated heterocycles. The van der Waals surface area contributed by atoms with E-state index in [4.69, 9.17) is 17.0 Å². The Morgan fingerprint density at radius 3 is 2.30 bits per heavy atom. The average Bonchev–Trinajstić information content (AvgIpc) is 2.56. The highest BCUT2D eigenvalue weighted by atomic mass is 32.1. The first-order valence-electron chi connectivity index (χ1n) is 8.66. The molecule has 0 amide bonds. The van der Waals surface area contributed by atoms with E-state index in [-0.39, 0.29) is 0 Å². The second-order valence-corrected chi connectivity index (χ2v) is 7.63. The molecule has 1 saturated carbocycles. The second kappa shape index (κ2) is 8.00. The normalized spacial score (nSPS) is 21.6. The maximum absolute atomic E-state index is 5.45. The van der Waals surface area contributed by atoms with Crippen molar-refractivity contribution < 1.29 is 4.74 Å². The topological polar surface area (TPSA) is 33.3 Å². The van der Waals surface area contributed by atoms with E-state index in [0.29, 0.717) is 16.6 Å². The van der Waals surface area contributed by atoms with E-state index in [1.807, 2.05) is 24.3 Å². The lowest BCUT2D eigenvalue weighted by Gasteiger charge is -2.39. The molecule has 2 N–H and O–H groups in total. The molecule has 2 rings (SSSR count). The van der Waals surface area contributed by atoms with E-state index in [9.17, 15) is 0 Å². The maximum atomic E-state index is 5.45. The Kier molecular flexibility index (Phi) is 6.28. The highest BCUT2D eigenvalue weighted by Gasteiger charge is 2.31. The lowest BCUT2D eigenvalue weighted by Crippen LogP contribution is -2.41. The molecule has 1 aromatic rings. The molecule has 1 aromatic carbocycles. The Balaban J connectivity index is 1.78. The average molecular weight is 335 g/mol. The Hall–Kier alpha value is -1.29. The first kappa shape index (κ1) is 18.1. The quantitative estimate of drug-likeness (QED) is 0.744. The molecule has 128 valence electrons. The minimum Gasteiger partial charge on any atom is -0.497 e. The molecule has 0 bridgehead atoms. The zero-order valence-electron chi connectivity index (χ0n) is 14.8. The van der Waals surface area contributed by atoms with Crippen LogP contribution in [0.5, 0.6) is 5.75 Å². The van der Waals surface area contributed by atoms with E-state index in [1.54, 1.807) is 7.11 Å². The third kappa shape index (κ3) is 5.10. The largest absolute Gasteiger partial charge is 0.497 e. The van der Waals surface area contributed by atoms with Crippen molar-refractivity contribution in [1.29, 1.82) is 0 Å². The molecule has 3 nitrogen and oxygen atoms in total. The molecule has 0 aliphatic heterocycles. The van der Waals surface area contributed by atoms with Crippen molar-refractivity contribution in [2.75, 3.05) is 12.4 Å². The van der Waals surface area contributed by atoms with Crippen LogP contribution >= 0.6 is 12.2 Å². The summed E-state index contributed by atoms with van der Waals surface area (Å²) in [6, 6.07) is 8.32. The SMILES string of the molecule is CCC(C)(C)C1CCC(NC(=S)Nc2ccc(OC)cc2)CC1. The van der Waals surface area contributed by atoms with Gasteiger partial charge < -0.3 is 15.4 Å². The van der Waals surface area contributed by atoms with Crippen LogP contribution in [0.4, 0.5) is 5.69 Å². The van der Waals surface area contributed by atoms with Crippen molar-refractivity contribution in [2.45, 2.75) is 58.9 Å². The van der Waals surface area contributed by atoms with Crippen LogP contribution in [0.1, 0.15) is 52.9 Å². The predicted molar refractivity (Wildman–Crippen MR) is 102 cm³/mol. The summed E-state index contributed by atoms with van der Waals surface area (Å²) >= 11 is 5.45. The van der Waals surface area contributed by atoms with Crippen LogP contribution in [-0.2, 0) is 0 Å². The van der Waals surface area contributed by atoms with Gasteiger partial charge in [-0.25, -0.2) is 0 Å². The third-order valence-corrected chi connectivity index (χ3v) is 5.65. The lowest BCUT2D eigenvalue weighted by molar-refractivity contribution is 0.141. The zero-order chi connectivity index (χ0) is 16.9. The van der Waals surface area contributed by atoms with Gasteiger partial charge in [-0.1, -0.05) is 27.2 Å². The Labute approximate surface area is 146 Å². The van der Waals surface area contributed by atoms with Gasteiger partial charge in [-0.15, -0.1) is 0 Å². The molecule has 1 aliphatic carbocycles. The first-order valence-corrected chi connectivity index (χ1v) is 9.07. The molecular weight excluding hydrogens is 304 g/mol. The summed E-state index contributed by atoms with van der Waals surface area (Å²) in [5.74, 6) is 1.69. The predicted octanol–water partition coefficient (Wildman–Crippen LogP) is 4.98. The van der Waals surface area contributed by atoms with Crippen molar-refractivity contribution >= 4 is 23.0 Å². The summed E-state index contributed by atoms with van der Waals surface area (Å²) in [5.41, 5.74) is 1.46. The van der Waals surface area contributed by atoms with E-state index in [0.717, 1.165) is 17.4 Å². The number of methoxy groups -OCH3 is 1. The molecule has 1 fully saturated rings. The number of ether oxygens (including phenoxy) is 1. The van der Waals surface area contributed by atoms with E-state index < -0.39 is 0 Å². The van der Waals surface area contributed by atoms with Gasteiger partial charge in [-0.3, -0.25) is 0 Å². The molecule has 0 aromatic heterocycles. The van der Waals surface area contributed by atoms with Gasteiger partial charge in [-0.05, 0) is 73.5 Å². The molecule has 0 heterocycles. The van der Waals surface area contributed by atoms with Gasteiger partial charge >= 0.3 is 0 Å². The summed E-state index contributed by atoms with van der Waals surface area (Å²) in [6.07, 6.45) is 6.26. The number of nitrogens with one attached hydrogen (secondary N) is 2. The van der Waals surface area contributed by atoms with Gasteiger partial charge in [0, 0.05) is 11.7 Å². The highest BCUT2D eigenvalue weighted by Crippen LogP contribution is 2.40. The van der Waals surface area contributed by atoms with Gasteiger partial charge in [0.25, 0.3) is 0 Å². The van der Waals surface area contributed by atoms with Gasteiger partial charge in [0.15, 0.2) is 5.11 Å². The van der Waals surface area contributed by atoms with Crippen LogP contribution in [0.2, 0.25) is 0 Å². The van der Waals surface area contributed by atoms with E-state index in [2.05, 4.69) is 31.4 Å². The number of hydrogen-bond acceptors (Lipinski definition) is 2. The summed E-state index contributed by atoms with van der Waals surface area (Å²) < 4.78 is 5.17. The van der Waals surface area contributed by atoms with Gasteiger partial charge in [0.05, 0.1) is 7.11 Å². The standard InChI is InChI=1S/C19H30N2OS/c1-5-19(2,3)14-6-8-15(9-7-14)20-18(23)21-16-10-12-17(22-4)13-11-16/h10-15H,5-9H2,1-4H3,(H2,20,21,23). The minimum absolute atomic E-state index is 0.465. The lowest BCUT2D eigenvalue weighted by atomic mass is 9.69. The maximum Gasteiger partial charge on any atom is 0.170 e. The number of thiocarbonyl (C=S) groups is 1. The Bertz CT molecular complexity index is 505. The van der Waals surface area contributed by atoms with Crippen molar-refractivity contribution in [3.63, 3.8) is 0 Å². The van der Waals surface area contributed by atoms with Crippen LogP contribution in [-0.4, -0.2) is 18.3 Å². The molecule has 4 heteroatoms. The van der Waals surface area contributed by atoms with Gasteiger partial charge in [0.2, 0.25) is 0 Å². The summed E-state index contributed by atoms with van der Waals surface area (Å²) in [7, 11) is 1.67. The monoisotopic (exact) mass is 334 g/mol. The van der Waals surface area contributed by atoms with Crippen molar-refractivity contribution in [2.24, 2.45) is 11.3 Å². The van der Waals surface area contributed by atoms with Crippen LogP contribution in [0.3, 0.4) is 0 Å². The number of rotatable bonds is 5. The number of anilines is 1. The Morgan fingerprint density at radius 2 is 1.78 bits per heavy atom. The van der Waals surface area contributed by atoms with Crippen molar-refractivity contribution in [3.8, 4) is 5.75 Å². The highest BCUT2D eigenvalue weighted by molar-refractivity contribution is 7.80. The van der Waals surface area contributed by atoms with Crippen LogP contribution in [0.15, 0.2) is 24.3 Å². The summed E-state index contributed by atoms with van der Waals surface area (Å²) in [6.45, 7) is 7.11. The minimum atomic E-state index is 0.465. The molecule has 1 aliphatic rings. The van der Waals surface area contributed by atoms with E-state index in [1.165, 1.54) is 32.1 Å². The molecule has 0 unspecified atom stereocenters. The van der Waals surface area contributed by atoms with Crippen LogP contribution in [0, 0.1) is 11.3 Å². The smallest absolute Gasteiger partial charge is 0.170 e. The van der Waals surface area contributed by atoms with Crippen molar-refractivity contribution in [1.82, 2.24) is 5.32 Å². The molecular formula is C19H30N2OS. The number of benzene rings is 1. The summed E-state index contributed by atoms with van der Waals surface area (Å²) in [5, 5.41) is 7.45.